The van der Waals surface area contributed by atoms with E-state index in [2.05, 4.69) is 32.2 Å². The number of rotatable bonds is 5. The highest BCUT2D eigenvalue weighted by molar-refractivity contribution is 5.43. The number of nitrogens with zero attached hydrogens (tertiary/aromatic N) is 4. The molecule has 0 saturated carbocycles. The van der Waals surface area contributed by atoms with E-state index in [1.807, 2.05) is 24.4 Å². The molecule has 2 heterocycles. The molecule has 1 aromatic carbocycles. The van der Waals surface area contributed by atoms with E-state index in [9.17, 15) is 10.1 Å². The first-order valence-electron chi connectivity index (χ1n) is 8.66. The molecule has 0 fully saturated rings. The third kappa shape index (κ3) is 3.28. The van der Waals surface area contributed by atoms with Crippen LogP contribution < -0.4 is 5.32 Å². The minimum atomic E-state index is -0.441. The van der Waals surface area contributed by atoms with Crippen molar-refractivity contribution in [1.82, 2.24) is 14.8 Å². The van der Waals surface area contributed by atoms with Crippen molar-refractivity contribution in [2.75, 3.05) is 5.32 Å². The topological polar surface area (TPSA) is 85.9 Å². The van der Waals surface area contributed by atoms with Crippen molar-refractivity contribution in [3.63, 3.8) is 0 Å². The van der Waals surface area contributed by atoms with E-state index in [1.165, 1.54) is 29.1 Å². The molecule has 0 aliphatic heterocycles. The van der Waals surface area contributed by atoms with Crippen LogP contribution in [0.25, 0.3) is 0 Å². The first kappa shape index (κ1) is 16.3. The van der Waals surface area contributed by atoms with E-state index in [0.29, 0.717) is 5.82 Å². The Morgan fingerprint density at radius 1 is 1.19 bits per heavy atom. The molecule has 132 valence electrons. The normalized spacial score (nSPS) is 16.1. The van der Waals surface area contributed by atoms with Gasteiger partial charge in [-0.2, -0.15) is 5.10 Å². The zero-order valence-corrected chi connectivity index (χ0v) is 14.2. The van der Waals surface area contributed by atoms with Gasteiger partial charge in [0.1, 0.15) is 12.0 Å². The highest BCUT2D eigenvalue weighted by atomic mass is 16.6. The summed E-state index contributed by atoms with van der Waals surface area (Å²) in [7, 11) is 0. The number of hydrogen-bond donors (Lipinski definition) is 1. The Kier molecular flexibility index (Phi) is 4.35. The standard InChI is InChI=1S/C19H19N5O2/c25-24(26)15-9-10-19(20-11-15)22-17-7-4-8-18-16(17)12-21-23(18)13-14-5-2-1-3-6-14/h1-3,5-6,9-12,17H,4,7-8,13H2,(H,20,22)/t17-/m0/s1. The highest BCUT2D eigenvalue weighted by Gasteiger charge is 2.24. The molecule has 0 bridgehead atoms. The van der Waals surface area contributed by atoms with Crippen LogP contribution in [0, 0.1) is 10.1 Å². The van der Waals surface area contributed by atoms with Crippen LogP contribution in [0.1, 0.15) is 35.7 Å². The Morgan fingerprint density at radius 2 is 2.04 bits per heavy atom. The molecule has 0 unspecified atom stereocenters. The molecule has 7 nitrogen and oxygen atoms in total. The Hall–Kier alpha value is -3.22. The van der Waals surface area contributed by atoms with Crippen LogP contribution in [0.15, 0.2) is 54.9 Å². The van der Waals surface area contributed by atoms with E-state index in [0.717, 1.165) is 25.8 Å². The molecule has 0 saturated heterocycles. The molecule has 1 aliphatic carbocycles. The van der Waals surface area contributed by atoms with Crippen LogP contribution in [-0.4, -0.2) is 19.7 Å². The maximum absolute atomic E-state index is 10.8. The molecule has 26 heavy (non-hydrogen) atoms. The fourth-order valence-corrected chi connectivity index (χ4v) is 3.42. The number of fused-ring (bicyclic) bond motifs is 1. The summed E-state index contributed by atoms with van der Waals surface area (Å²) in [5, 5.41) is 18.7. The monoisotopic (exact) mass is 349 g/mol. The van der Waals surface area contributed by atoms with Crippen LogP contribution in [0.5, 0.6) is 0 Å². The molecule has 1 atom stereocenters. The summed E-state index contributed by atoms with van der Waals surface area (Å²) in [5.74, 6) is 0.643. The first-order valence-corrected chi connectivity index (χ1v) is 8.66. The molecular weight excluding hydrogens is 330 g/mol. The Morgan fingerprint density at radius 3 is 2.77 bits per heavy atom. The van der Waals surface area contributed by atoms with Crippen molar-refractivity contribution in [3.05, 3.63) is 81.8 Å². The Bertz CT molecular complexity index is 905. The van der Waals surface area contributed by atoms with Gasteiger partial charge in [-0.3, -0.25) is 14.8 Å². The summed E-state index contributed by atoms with van der Waals surface area (Å²) in [6.07, 6.45) is 6.28. The van der Waals surface area contributed by atoms with E-state index in [1.54, 1.807) is 6.07 Å². The summed E-state index contributed by atoms with van der Waals surface area (Å²) in [6.45, 7) is 0.763. The zero-order valence-electron chi connectivity index (χ0n) is 14.2. The van der Waals surface area contributed by atoms with Crippen LogP contribution in [0.3, 0.4) is 0 Å². The second-order valence-electron chi connectivity index (χ2n) is 6.44. The van der Waals surface area contributed by atoms with E-state index < -0.39 is 4.92 Å². The number of nitrogens with one attached hydrogen (secondary N) is 1. The molecule has 1 aliphatic rings. The number of nitro groups is 1. The van der Waals surface area contributed by atoms with Crippen LogP contribution >= 0.6 is 0 Å². The zero-order chi connectivity index (χ0) is 17.9. The molecule has 1 N–H and O–H groups in total. The quantitative estimate of drug-likeness (QED) is 0.560. The molecule has 0 radical (unpaired) electrons. The summed E-state index contributed by atoms with van der Waals surface area (Å²) in [5.41, 5.74) is 3.66. The Balaban J connectivity index is 1.53. The fourth-order valence-electron chi connectivity index (χ4n) is 3.42. The number of aromatic nitrogens is 3. The second-order valence-corrected chi connectivity index (χ2v) is 6.44. The van der Waals surface area contributed by atoms with Gasteiger partial charge in [0.2, 0.25) is 0 Å². The fraction of sp³-hybridized carbons (Fsp3) is 0.263. The maximum atomic E-state index is 10.8. The van der Waals surface area contributed by atoms with Gasteiger partial charge in [-0.25, -0.2) is 4.98 Å². The van der Waals surface area contributed by atoms with Crippen LogP contribution in [0.4, 0.5) is 11.5 Å². The van der Waals surface area contributed by atoms with Crippen molar-refractivity contribution in [2.45, 2.75) is 31.8 Å². The average Bonchev–Trinajstić information content (AvgIpc) is 3.07. The summed E-state index contributed by atoms with van der Waals surface area (Å²) in [6, 6.07) is 13.5. The van der Waals surface area contributed by atoms with Crippen molar-refractivity contribution >= 4 is 11.5 Å². The van der Waals surface area contributed by atoms with Crippen molar-refractivity contribution in [1.29, 1.82) is 0 Å². The molecule has 0 spiro atoms. The predicted molar refractivity (Wildman–Crippen MR) is 98.0 cm³/mol. The van der Waals surface area contributed by atoms with E-state index >= 15 is 0 Å². The lowest BCUT2D eigenvalue weighted by molar-refractivity contribution is -0.385. The van der Waals surface area contributed by atoms with Gasteiger partial charge < -0.3 is 5.32 Å². The molecule has 4 rings (SSSR count). The van der Waals surface area contributed by atoms with Crippen molar-refractivity contribution in [3.8, 4) is 0 Å². The molecular formula is C19H19N5O2. The first-order chi connectivity index (χ1) is 12.7. The number of anilines is 1. The van der Waals surface area contributed by atoms with Crippen LogP contribution in [-0.2, 0) is 13.0 Å². The van der Waals surface area contributed by atoms with Gasteiger partial charge >= 0.3 is 0 Å². The van der Waals surface area contributed by atoms with Crippen LogP contribution in [0.2, 0.25) is 0 Å². The highest BCUT2D eigenvalue weighted by Crippen LogP contribution is 2.32. The summed E-state index contributed by atoms with van der Waals surface area (Å²) >= 11 is 0. The van der Waals surface area contributed by atoms with Crippen molar-refractivity contribution < 1.29 is 4.92 Å². The minimum Gasteiger partial charge on any atom is -0.363 e. The van der Waals surface area contributed by atoms with Gasteiger partial charge in [-0.1, -0.05) is 30.3 Å². The average molecular weight is 349 g/mol. The van der Waals surface area contributed by atoms with Gasteiger partial charge in [0.25, 0.3) is 5.69 Å². The summed E-state index contributed by atoms with van der Waals surface area (Å²) < 4.78 is 2.07. The lowest BCUT2D eigenvalue weighted by Gasteiger charge is -2.24. The maximum Gasteiger partial charge on any atom is 0.287 e. The van der Waals surface area contributed by atoms with E-state index in [-0.39, 0.29) is 11.7 Å². The minimum absolute atomic E-state index is 0.00411. The smallest absolute Gasteiger partial charge is 0.287 e. The van der Waals surface area contributed by atoms with Gasteiger partial charge in [-0.15, -0.1) is 0 Å². The molecule has 3 aromatic rings. The number of benzene rings is 1. The molecule has 7 heteroatoms. The SMILES string of the molecule is O=[N+]([O-])c1ccc(N[C@H]2CCCc3c2cnn3Cc2ccccc2)nc1. The third-order valence-electron chi connectivity index (χ3n) is 4.72. The van der Waals surface area contributed by atoms with Gasteiger partial charge in [0.15, 0.2) is 0 Å². The lowest BCUT2D eigenvalue weighted by Crippen LogP contribution is -2.19. The molecule has 2 aromatic heterocycles. The predicted octanol–water partition coefficient (Wildman–Crippen LogP) is 3.72. The van der Waals surface area contributed by atoms with Crippen molar-refractivity contribution in [2.24, 2.45) is 0 Å². The van der Waals surface area contributed by atoms with Gasteiger partial charge in [0, 0.05) is 17.3 Å². The number of hydrogen-bond acceptors (Lipinski definition) is 5. The lowest BCUT2D eigenvalue weighted by atomic mass is 9.93. The second kappa shape index (κ2) is 6.95. The van der Waals surface area contributed by atoms with Gasteiger partial charge in [0.05, 0.1) is 23.7 Å². The number of pyridine rings is 1. The molecule has 0 amide bonds. The Labute approximate surface area is 150 Å². The van der Waals surface area contributed by atoms with E-state index in [4.69, 9.17) is 0 Å². The third-order valence-corrected chi connectivity index (χ3v) is 4.72. The van der Waals surface area contributed by atoms with Gasteiger partial charge in [-0.05, 0) is 30.9 Å². The summed E-state index contributed by atoms with van der Waals surface area (Å²) in [4.78, 5) is 14.5. The largest absolute Gasteiger partial charge is 0.363 e.